The third-order valence-corrected chi connectivity index (χ3v) is 4.34. The summed E-state index contributed by atoms with van der Waals surface area (Å²) in [7, 11) is 0. The molecule has 1 unspecified atom stereocenters. The molecule has 3 aromatic rings. The van der Waals surface area contributed by atoms with Gasteiger partial charge in [0.25, 0.3) is 0 Å². The summed E-state index contributed by atoms with van der Waals surface area (Å²) in [5.41, 5.74) is -0.0400. The van der Waals surface area contributed by atoms with E-state index in [4.69, 9.17) is 0 Å². The SMILES string of the molecule is CC(Nc1nc2ccccn2c(=O)c1[N+](=O)[O-])c1ccccc1Br. The van der Waals surface area contributed by atoms with Crippen LogP contribution in [0.25, 0.3) is 5.65 Å². The molecule has 0 saturated carbocycles. The van der Waals surface area contributed by atoms with Gasteiger partial charge in [-0.1, -0.05) is 40.2 Å². The summed E-state index contributed by atoms with van der Waals surface area (Å²) in [4.78, 5) is 27.3. The topological polar surface area (TPSA) is 89.5 Å². The molecular formula is C16H13BrN4O3. The Morgan fingerprint density at radius 3 is 2.67 bits per heavy atom. The van der Waals surface area contributed by atoms with Crippen molar-refractivity contribution in [3.05, 3.63) is 79.2 Å². The first-order valence-electron chi connectivity index (χ1n) is 7.16. The zero-order valence-corrected chi connectivity index (χ0v) is 14.2. The van der Waals surface area contributed by atoms with Gasteiger partial charge in [-0.2, -0.15) is 0 Å². The largest absolute Gasteiger partial charge is 0.376 e. The summed E-state index contributed by atoms with van der Waals surface area (Å²) in [6, 6.07) is 12.2. The number of aromatic nitrogens is 2. The van der Waals surface area contributed by atoms with Gasteiger partial charge in [0.2, 0.25) is 5.82 Å². The first-order chi connectivity index (χ1) is 11.5. The Morgan fingerprint density at radius 1 is 1.25 bits per heavy atom. The molecule has 1 aromatic carbocycles. The number of pyridine rings is 1. The smallest absolute Gasteiger partial charge is 0.358 e. The van der Waals surface area contributed by atoms with Crippen molar-refractivity contribution in [2.24, 2.45) is 0 Å². The fraction of sp³-hybridized carbons (Fsp3) is 0.125. The number of nitro groups is 1. The van der Waals surface area contributed by atoms with Gasteiger partial charge < -0.3 is 5.32 Å². The quantitative estimate of drug-likeness (QED) is 0.545. The van der Waals surface area contributed by atoms with Crippen LogP contribution in [-0.2, 0) is 0 Å². The van der Waals surface area contributed by atoms with Crippen LogP contribution in [0.4, 0.5) is 11.5 Å². The summed E-state index contributed by atoms with van der Waals surface area (Å²) >= 11 is 3.45. The summed E-state index contributed by atoms with van der Waals surface area (Å²) in [5, 5.41) is 14.4. The third-order valence-electron chi connectivity index (χ3n) is 3.62. The monoisotopic (exact) mass is 388 g/mol. The highest BCUT2D eigenvalue weighted by atomic mass is 79.9. The molecule has 0 amide bonds. The first kappa shape index (κ1) is 16.1. The molecule has 122 valence electrons. The van der Waals surface area contributed by atoms with Crippen molar-refractivity contribution in [3.8, 4) is 0 Å². The van der Waals surface area contributed by atoms with Crippen molar-refractivity contribution in [1.82, 2.24) is 9.38 Å². The summed E-state index contributed by atoms with van der Waals surface area (Å²) < 4.78 is 2.03. The minimum absolute atomic E-state index is 0.0422. The van der Waals surface area contributed by atoms with Crippen molar-refractivity contribution in [3.63, 3.8) is 0 Å². The van der Waals surface area contributed by atoms with E-state index in [1.54, 1.807) is 18.2 Å². The predicted molar refractivity (Wildman–Crippen MR) is 94.3 cm³/mol. The minimum Gasteiger partial charge on any atom is -0.358 e. The van der Waals surface area contributed by atoms with E-state index >= 15 is 0 Å². The Labute approximate surface area is 145 Å². The molecule has 0 aliphatic rings. The van der Waals surface area contributed by atoms with Gasteiger partial charge >= 0.3 is 11.2 Å². The maximum Gasteiger partial charge on any atom is 0.376 e. The van der Waals surface area contributed by atoms with Crippen LogP contribution < -0.4 is 10.9 Å². The first-order valence-corrected chi connectivity index (χ1v) is 7.95. The molecule has 8 heteroatoms. The normalized spacial score (nSPS) is 12.1. The lowest BCUT2D eigenvalue weighted by Gasteiger charge is -2.16. The van der Waals surface area contributed by atoms with Crippen LogP contribution in [0.15, 0.2) is 57.9 Å². The average molecular weight is 389 g/mol. The standard InChI is InChI=1S/C16H13BrN4O3/c1-10(11-6-2-3-7-12(11)17)18-15-14(21(23)24)16(22)20-9-5-4-8-13(20)19-15/h2-10,18H,1H3. The van der Waals surface area contributed by atoms with E-state index in [0.29, 0.717) is 5.65 Å². The second-order valence-corrected chi connectivity index (χ2v) is 6.04. The number of rotatable bonds is 4. The van der Waals surface area contributed by atoms with Gasteiger partial charge in [-0.3, -0.25) is 19.3 Å². The lowest BCUT2D eigenvalue weighted by atomic mass is 10.1. The van der Waals surface area contributed by atoms with Crippen LogP contribution in [0.1, 0.15) is 18.5 Å². The van der Waals surface area contributed by atoms with Crippen molar-refractivity contribution < 1.29 is 4.92 Å². The molecule has 0 aliphatic carbocycles. The van der Waals surface area contributed by atoms with E-state index in [9.17, 15) is 14.9 Å². The molecule has 0 bridgehead atoms. The Bertz CT molecular complexity index is 986. The molecule has 3 rings (SSSR count). The minimum atomic E-state index is -0.715. The van der Waals surface area contributed by atoms with Crippen molar-refractivity contribution in [2.75, 3.05) is 5.32 Å². The summed E-state index contributed by atoms with van der Waals surface area (Å²) in [5.74, 6) is -0.0422. The fourth-order valence-electron chi connectivity index (χ4n) is 2.45. The zero-order chi connectivity index (χ0) is 17.3. The number of nitrogens with zero attached hydrogens (tertiary/aromatic N) is 3. The van der Waals surface area contributed by atoms with Gasteiger partial charge in [-0.25, -0.2) is 4.98 Å². The average Bonchev–Trinajstić information content (AvgIpc) is 2.55. The second-order valence-electron chi connectivity index (χ2n) is 5.19. The molecule has 0 spiro atoms. The van der Waals surface area contributed by atoms with E-state index in [1.165, 1.54) is 6.20 Å². The van der Waals surface area contributed by atoms with Crippen molar-refractivity contribution >= 4 is 33.1 Å². The summed E-state index contributed by atoms with van der Waals surface area (Å²) in [6.07, 6.45) is 1.46. The van der Waals surface area contributed by atoms with E-state index < -0.39 is 16.2 Å². The number of hydrogen-bond donors (Lipinski definition) is 1. The van der Waals surface area contributed by atoms with E-state index in [-0.39, 0.29) is 11.9 Å². The molecule has 0 saturated heterocycles. The number of anilines is 1. The van der Waals surface area contributed by atoms with Crippen LogP contribution in [-0.4, -0.2) is 14.3 Å². The highest BCUT2D eigenvalue weighted by Crippen LogP contribution is 2.28. The van der Waals surface area contributed by atoms with Crippen molar-refractivity contribution in [1.29, 1.82) is 0 Å². The molecule has 0 fully saturated rings. The summed E-state index contributed by atoms with van der Waals surface area (Å²) in [6.45, 7) is 1.85. The molecule has 24 heavy (non-hydrogen) atoms. The molecule has 0 radical (unpaired) electrons. The van der Waals surface area contributed by atoms with Gasteiger partial charge in [-0.05, 0) is 30.7 Å². The maximum absolute atomic E-state index is 12.4. The van der Waals surface area contributed by atoms with Gasteiger partial charge in [0.05, 0.1) is 11.0 Å². The van der Waals surface area contributed by atoms with E-state index in [2.05, 4.69) is 26.2 Å². The van der Waals surface area contributed by atoms with Gasteiger partial charge in [0.1, 0.15) is 5.65 Å². The van der Waals surface area contributed by atoms with Gasteiger partial charge in [-0.15, -0.1) is 0 Å². The molecule has 1 N–H and O–H groups in total. The van der Waals surface area contributed by atoms with Crippen LogP contribution in [0.3, 0.4) is 0 Å². The maximum atomic E-state index is 12.4. The molecule has 2 heterocycles. The van der Waals surface area contributed by atoms with Crippen LogP contribution >= 0.6 is 15.9 Å². The number of nitrogens with one attached hydrogen (secondary N) is 1. The van der Waals surface area contributed by atoms with Crippen LogP contribution in [0.2, 0.25) is 0 Å². The predicted octanol–water partition coefficient (Wildman–Crippen LogP) is 3.54. The lowest BCUT2D eigenvalue weighted by molar-refractivity contribution is -0.385. The van der Waals surface area contributed by atoms with E-state index in [1.807, 2.05) is 31.2 Å². The van der Waals surface area contributed by atoms with Gasteiger partial charge in [0.15, 0.2) is 0 Å². The Balaban J connectivity index is 2.12. The highest BCUT2D eigenvalue weighted by Gasteiger charge is 2.25. The van der Waals surface area contributed by atoms with Gasteiger partial charge in [0, 0.05) is 10.7 Å². The molecule has 0 aliphatic heterocycles. The third kappa shape index (κ3) is 2.88. The second kappa shape index (κ2) is 6.40. The van der Waals surface area contributed by atoms with Crippen LogP contribution in [0, 0.1) is 10.1 Å². The van der Waals surface area contributed by atoms with Crippen molar-refractivity contribution in [2.45, 2.75) is 13.0 Å². The molecule has 2 aromatic heterocycles. The molecular weight excluding hydrogens is 376 g/mol. The fourth-order valence-corrected chi connectivity index (χ4v) is 3.08. The number of halogens is 1. The highest BCUT2D eigenvalue weighted by molar-refractivity contribution is 9.10. The Morgan fingerprint density at radius 2 is 1.96 bits per heavy atom. The Hall–Kier alpha value is -2.74. The number of hydrogen-bond acceptors (Lipinski definition) is 5. The van der Waals surface area contributed by atoms with Crippen LogP contribution in [0.5, 0.6) is 0 Å². The Kier molecular flexibility index (Phi) is 4.30. The number of fused-ring (bicyclic) bond motifs is 1. The zero-order valence-electron chi connectivity index (χ0n) is 12.6. The molecule has 7 nitrogen and oxygen atoms in total. The lowest BCUT2D eigenvalue weighted by Crippen LogP contribution is -2.22. The van der Waals surface area contributed by atoms with E-state index in [0.717, 1.165) is 14.4 Å². The molecule has 1 atom stereocenters. The number of benzene rings is 1.